The van der Waals surface area contributed by atoms with E-state index in [4.69, 9.17) is 14.2 Å². The average molecular weight is 366 g/mol. The van der Waals surface area contributed by atoms with Crippen molar-refractivity contribution in [2.24, 2.45) is 0 Å². The minimum Gasteiger partial charge on any atom is -0.493 e. The van der Waals surface area contributed by atoms with Crippen LogP contribution in [0.4, 0.5) is 0 Å². The monoisotopic (exact) mass is 366 g/mol. The molecule has 0 heterocycles. The third kappa shape index (κ3) is 5.57. The largest absolute Gasteiger partial charge is 0.493 e. The molecule has 27 heavy (non-hydrogen) atoms. The molecule has 2 aromatic rings. The number of ketones is 1. The Hall–Kier alpha value is -3.34. The first kappa shape index (κ1) is 20.0. The molecule has 5 heteroatoms. The number of hydrogen-bond donors (Lipinski definition) is 0. The van der Waals surface area contributed by atoms with Crippen molar-refractivity contribution in [2.75, 3.05) is 14.2 Å². The number of carbonyl (C=O) groups is 2. The van der Waals surface area contributed by atoms with Crippen LogP contribution in [0.25, 0.3) is 6.08 Å². The van der Waals surface area contributed by atoms with Crippen LogP contribution >= 0.6 is 0 Å². The van der Waals surface area contributed by atoms with Crippen LogP contribution in [0.5, 0.6) is 17.2 Å². The summed E-state index contributed by atoms with van der Waals surface area (Å²) in [5, 5.41) is 0. The van der Waals surface area contributed by atoms with Crippen LogP contribution < -0.4 is 14.2 Å². The van der Waals surface area contributed by atoms with Crippen molar-refractivity contribution >= 4 is 17.8 Å². The Morgan fingerprint density at radius 2 is 1.59 bits per heavy atom. The molecule has 2 rings (SSSR count). The lowest BCUT2D eigenvalue weighted by atomic mass is 10.1. The summed E-state index contributed by atoms with van der Waals surface area (Å²) in [5.41, 5.74) is 1.90. The minimum absolute atomic E-state index is 0.224. The van der Waals surface area contributed by atoms with Crippen molar-refractivity contribution < 1.29 is 23.8 Å². The average Bonchev–Trinajstić information content (AvgIpc) is 2.65. The predicted molar refractivity (Wildman–Crippen MR) is 104 cm³/mol. The maximum absolute atomic E-state index is 12.6. The van der Waals surface area contributed by atoms with E-state index in [-0.39, 0.29) is 11.5 Å². The second-order valence-corrected chi connectivity index (χ2v) is 5.95. The fourth-order valence-corrected chi connectivity index (χ4v) is 2.35. The molecule has 0 aliphatic carbocycles. The lowest BCUT2D eigenvalue weighted by Gasteiger charge is -2.08. The summed E-state index contributed by atoms with van der Waals surface area (Å²) in [6.45, 7) is 3.59. The van der Waals surface area contributed by atoms with E-state index in [0.29, 0.717) is 17.1 Å². The zero-order valence-corrected chi connectivity index (χ0v) is 15.8. The summed E-state index contributed by atoms with van der Waals surface area (Å²) in [7, 11) is 3.11. The summed E-state index contributed by atoms with van der Waals surface area (Å²) in [6.07, 6.45) is 4.47. The number of esters is 1. The van der Waals surface area contributed by atoms with Gasteiger partial charge in [0.15, 0.2) is 17.3 Å². The van der Waals surface area contributed by atoms with E-state index >= 15 is 0 Å². The van der Waals surface area contributed by atoms with E-state index in [1.165, 1.54) is 12.2 Å². The van der Waals surface area contributed by atoms with Crippen LogP contribution in [0.1, 0.15) is 29.8 Å². The van der Waals surface area contributed by atoms with Crippen molar-refractivity contribution in [3.63, 3.8) is 0 Å². The van der Waals surface area contributed by atoms with Gasteiger partial charge in [-0.15, -0.1) is 0 Å². The molecule has 5 nitrogen and oxygen atoms in total. The zero-order valence-electron chi connectivity index (χ0n) is 15.8. The molecule has 0 fully saturated rings. The van der Waals surface area contributed by atoms with Gasteiger partial charge in [-0.1, -0.05) is 29.8 Å². The third-order valence-corrected chi connectivity index (χ3v) is 3.60. The molecule has 140 valence electrons. The number of hydrogen-bond acceptors (Lipinski definition) is 5. The normalized spacial score (nSPS) is 10.4. The van der Waals surface area contributed by atoms with Gasteiger partial charge in [0.1, 0.15) is 5.75 Å². The number of methoxy groups -OCH3 is 2. The summed E-state index contributed by atoms with van der Waals surface area (Å²) >= 11 is 0. The Morgan fingerprint density at radius 1 is 0.889 bits per heavy atom. The van der Waals surface area contributed by atoms with Gasteiger partial charge in [0, 0.05) is 6.08 Å². The topological polar surface area (TPSA) is 61.8 Å². The predicted octanol–water partition coefficient (Wildman–Crippen LogP) is 4.47. The van der Waals surface area contributed by atoms with E-state index in [9.17, 15) is 9.59 Å². The Balaban J connectivity index is 2.22. The molecule has 0 aromatic heterocycles. The molecular formula is C22H22O5. The van der Waals surface area contributed by atoms with Gasteiger partial charge in [-0.25, -0.2) is 4.79 Å². The van der Waals surface area contributed by atoms with Crippen LogP contribution in [0.15, 0.2) is 60.2 Å². The molecular weight excluding hydrogens is 344 g/mol. The van der Waals surface area contributed by atoms with E-state index in [2.05, 4.69) is 0 Å². The van der Waals surface area contributed by atoms with Crippen molar-refractivity contribution in [3.05, 3.63) is 71.3 Å². The van der Waals surface area contributed by atoms with Crippen molar-refractivity contribution in [1.82, 2.24) is 0 Å². The number of benzene rings is 2. The lowest BCUT2D eigenvalue weighted by Crippen LogP contribution is -2.08. The number of carbonyl (C=O) groups excluding carboxylic acids is 2. The molecule has 0 amide bonds. The maximum atomic E-state index is 12.6. The minimum atomic E-state index is -0.515. The number of rotatable bonds is 7. The van der Waals surface area contributed by atoms with Crippen LogP contribution in [0, 0.1) is 0 Å². The SMILES string of the molecule is COc1ccc(/C=C/C(=O)c2ccccc2OC(=O)C=C(C)C)cc1OC. The van der Waals surface area contributed by atoms with Crippen molar-refractivity contribution in [2.45, 2.75) is 13.8 Å². The van der Waals surface area contributed by atoms with E-state index in [1.54, 1.807) is 70.5 Å². The highest BCUT2D eigenvalue weighted by molar-refractivity contribution is 6.09. The first-order chi connectivity index (χ1) is 12.9. The van der Waals surface area contributed by atoms with E-state index in [0.717, 1.165) is 11.1 Å². The molecule has 2 aromatic carbocycles. The van der Waals surface area contributed by atoms with Crippen LogP contribution in [0.3, 0.4) is 0 Å². The summed E-state index contributed by atoms with van der Waals surface area (Å²) in [6, 6.07) is 12.0. The Bertz CT molecular complexity index is 889. The molecule has 0 bridgehead atoms. The molecule has 0 atom stereocenters. The molecule has 0 aliphatic rings. The molecule has 0 unspecified atom stereocenters. The first-order valence-corrected chi connectivity index (χ1v) is 8.34. The zero-order chi connectivity index (χ0) is 19.8. The molecule has 0 spiro atoms. The Morgan fingerprint density at radius 3 is 2.26 bits per heavy atom. The molecule has 0 saturated carbocycles. The second-order valence-electron chi connectivity index (χ2n) is 5.95. The van der Waals surface area contributed by atoms with Gasteiger partial charge >= 0.3 is 5.97 Å². The maximum Gasteiger partial charge on any atom is 0.336 e. The van der Waals surface area contributed by atoms with Gasteiger partial charge in [-0.3, -0.25) is 4.79 Å². The quantitative estimate of drug-likeness (QED) is 0.313. The molecule has 0 aliphatic heterocycles. The molecule has 0 N–H and O–H groups in total. The number of allylic oxidation sites excluding steroid dienone is 2. The van der Waals surface area contributed by atoms with Gasteiger partial charge in [-0.05, 0) is 49.8 Å². The lowest BCUT2D eigenvalue weighted by molar-refractivity contribution is -0.129. The third-order valence-electron chi connectivity index (χ3n) is 3.60. The Kier molecular flexibility index (Phi) is 6.94. The van der Waals surface area contributed by atoms with Crippen LogP contribution in [0.2, 0.25) is 0 Å². The van der Waals surface area contributed by atoms with E-state index in [1.807, 2.05) is 6.07 Å². The van der Waals surface area contributed by atoms with Gasteiger partial charge in [0.05, 0.1) is 19.8 Å². The van der Waals surface area contributed by atoms with Gasteiger partial charge < -0.3 is 14.2 Å². The highest BCUT2D eigenvalue weighted by Gasteiger charge is 2.12. The highest BCUT2D eigenvalue weighted by Crippen LogP contribution is 2.28. The van der Waals surface area contributed by atoms with Gasteiger partial charge in [-0.2, -0.15) is 0 Å². The second kappa shape index (κ2) is 9.38. The standard InChI is InChI=1S/C22H22O5/c1-15(2)13-22(24)27-19-8-6-5-7-17(19)18(23)11-9-16-10-12-20(25-3)21(14-16)26-4/h5-14H,1-4H3/b11-9+. The molecule has 0 saturated heterocycles. The van der Waals surface area contributed by atoms with Crippen LogP contribution in [-0.2, 0) is 4.79 Å². The van der Waals surface area contributed by atoms with Gasteiger partial charge in [0.2, 0.25) is 0 Å². The highest BCUT2D eigenvalue weighted by atomic mass is 16.5. The summed E-state index contributed by atoms with van der Waals surface area (Å²) in [5.74, 6) is 0.618. The summed E-state index contributed by atoms with van der Waals surface area (Å²) in [4.78, 5) is 24.4. The molecule has 0 radical (unpaired) electrons. The Labute approximate surface area is 158 Å². The first-order valence-electron chi connectivity index (χ1n) is 8.34. The number of para-hydroxylation sites is 1. The van der Waals surface area contributed by atoms with Crippen molar-refractivity contribution in [1.29, 1.82) is 0 Å². The number of ether oxygens (including phenoxy) is 3. The van der Waals surface area contributed by atoms with E-state index < -0.39 is 5.97 Å². The van der Waals surface area contributed by atoms with Crippen molar-refractivity contribution in [3.8, 4) is 17.2 Å². The van der Waals surface area contributed by atoms with Gasteiger partial charge in [0.25, 0.3) is 0 Å². The fraction of sp³-hybridized carbons (Fsp3) is 0.182. The smallest absolute Gasteiger partial charge is 0.336 e. The fourth-order valence-electron chi connectivity index (χ4n) is 2.35. The summed E-state index contributed by atoms with van der Waals surface area (Å²) < 4.78 is 15.7. The van der Waals surface area contributed by atoms with Crippen LogP contribution in [-0.4, -0.2) is 26.0 Å².